The standard InChI is InChI=1S/C7H8N3/c1-2-6-4-8-5-10-7(6)9-3-1/h1,3,8H,4-5H2,(H,9,10). The van der Waals surface area contributed by atoms with Gasteiger partial charge in [0.15, 0.2) is 0 Å². The molecule has 2 heterocycles. The Labute approximate surface area is 59.5 Å². The van der Waals surface area contributed by atoms with Gasteiger partial charge in [0, 0.05) is 18.3 Å². The number of anilines is 1. The quantitative estimate of drug-likeness (QED) is 0.537. The highest BCUT2D eigenvalue weighted by molar-refractivity contribution is 5.44. The molecule has 0 saturated carbocycles. The summed E-state index contributed by atoms with van der Waals surface area (Å²) in [5, 5.41) is 6.27. The van der Waals surface area contributed by atoms with Crippen LogP contribution >= 0.6 is 0 Å². The van der Waals surface area contributed by atoms with Gasteiger partial charge in [0.1, 0.15) is 5.82 Å². The lowest BCUT2D eigenvalue weighted by molar-refractivity contribution is 0.701. The van der Waals surface area contributed by atoms with E-state index in [1.807, 2.05) is 6.07 Å². The molecule has 3 heteroatoms. The van der Waals surface area contributed by atoms with Gasteiger partial charge in [-0.3, -0.25) is 5.32 Å². The lowest BCUT2D eigenvalue weighted by atomic mass is 10.2. The molecule has 0 atom stereocenters. The van der Waals surface area contributed by atoms with Crippen molar-refractivity contribution < 1.29 is 0 Å². The molecule has 0 aliphatic carbocycles. The van der Waals surface area contributed by atoms with Crippen LogP contribution in [0.4, 0.5) is 5.82 Å². The summed E-state index contributed by atoms with van der Waals surface area (Å²) in [4.78, 5) is 4.14. The van der Waals surface area contributed by atoms with Gasteiger partial charge in [0.25, 0.3) is 0 Å². The third kappa shape index (κ3) is 0.844. The summed E-state index contributed by atoms with van der Waals surface area (Å²) < 4.78 is 0. The van der Waals surface area contributed by atoms with Crippen molar-refractivity contribution in [3.63, 3.8) is 0 Å². The van der Waals surface area contributed by atoms with Crippen LogP contribution < -0.4 is 10.6 Å². The van der Waals surface area contributed by atoms with Gasteiger partial charge in [-0.1, -0.05) is 0 Å². The summed E-state index contributed by atoms with van der Waals surface area (Å²) in [6.45, 7) is 1.67. The second-order valence-electron chi connectivity index (χ2n) is 2.20. The molecule has 1 radical (unpaired) electrons. The fourth-order valence-electron chi connectivity index (χ4n) is 1.02. The Bertz CT molecular complexity index is 209. The molecule has 10 heavy (non-hydrogen) atoms. The molecule has 0 amide bonds. The van der Waals surface area contributed by atoms with Crippen LogP contribution in [-0.2, 0) is 6.54 Å². The normalized spacial score (nSPS) is 15.6. The van der Waals surface area contributed by atoms with Gasteiger partial charge in [-0.2, -0.15) is 0 Å². The molecule has 0 spiro atoms. The minimum Gasteiger partial charge on any atom is -0.357 e. The largest absolute Gasteiger partial charge is 0.357 e. The van der Waals surface area contributed by atoms with Gasteiger partial charge in [-0.15, -0.1) is 0 Å². The van der Waals surface area contributed by atoms with Gasteiger partial charge in [-0.05, 0) is 12.1 Å². The fourth-order valence-corrected chi connectivity index (χ4v) is 1.02. The molecule has 2 N–H and O–H groups in total. The highest BCUT2D eigenvalue weighted by atomic mass is 15.1. The van der Waals surface area contributed by atoms with Crippen LogP contribution in [0, 0.1) is 6.07 Å². The second-order valence-corrected chi connectivity index (χ2v) is 2.20. The van der Waals surface area contributed by atoms with Crippen molar-refractivity contribution >= 4 is 5.82 Å². The number of pyridine rings is 1. The third-order valence-corrected chi connectivity index (χ3v) is 1.50. The molecule has 51 valence electrons. The predicted octanol–water partition coefficient (Wildman–Crippen LogP) is 0.354. The van der Waals surface area contributed by atoms with Crippen LogP contribution in [0.5, 0.6) is 0 Å². The zero-order valence-electron chi connectivity index (χ0n) is 5.52. The molecule has 0 bridgehead atoms. The lowest BCUT2D eigenvalue weighted by Gasteiger charge is -2.16. The van der Waals surface area contributed by atoms with Crippen LogP contribution in [0.25, 0.3) is 0 Å². The summed E-state index contributed by atoms with van der Waals surface area (Å²) in [5.41, 5.74) is 1.12. The van der Waals surface area contributed by atoms with Crippen molar-refractivity contribution in [2.75, 3.05) is 12.0 Å². The van der Waals surface area contributed by atoms with E-state index in [4.69, 9.17) is 0 Å². The zero-order valence-corrected chi connectivity index (χ0v) is 5.52. The van der Waals surface area contributed by atoms with Gasteiger partial charge in [0.2, 0.25) is 0 Å². The van der Waals surface area contributed by atoms with Crippen molar-refractivity contribution in [2.24, 2.45) is 0 Å². The van der Waals surface area contributed by atoms with Gasteiger partial charge in [-0.25, -0.2) is 4.98 Å². The first-order chi connectivity index (χ1) is 4.97. The minimum atomic E-state index is 0.803. The van der Waals surface area contributed by atoms with Crippen molar-refractivity contribution in [3.05, 3.63) is 23.9 Å². The molecule has 0 fully saturated rings. The van der Waals surface area contributed by atoms with Crippen molar-refractivity contribution in [1.82, 2.24) is 10.3 Å². The van der Waals surface area contributed by atoms with E-state index in [1.165, 1.54) is 0 Å². The highest BCUT2D eigenvalue weighted by Crippen LogP contribution is 2.11. The van der Waals surface area contributed by atoms with Gasteiger partial charge < -0.3 is 5.32 Å². The molecule has 1 aromatic heterocycles. The first-order valence-corrected chi connectivity index (χ1v) is 3.27. The Kier molecular flexibility index (Phi) is 1.29. The smallest absolute Gasteiger partial charge is 0.132 e. The van der Waals surface area contributed by atoms with Crippen LogP contribution in [-0.4, -0.2) is 11.7 Å². The molecular weight excluding hydrogens is 126 g/mol. The molecule has 1 aromatic rings. The molecule has 1 aliphatic heterocycles. The summed E-state index contributed by atoms with van der Waals surface area (Å²) in [5.74, 6) is 0.959. The molecule has 0 saturated heterocycles. The van der Waals surface area contributed by atoms with E-state index in [-0.39, 0.29) is 0 Å². The maximum atomic E-state index is 4.14. The van der Waals surface area contributed by atoms with E-state index in [0.717, 1.165) is 24.6 Å². The van der Waals surface area contributed by atoms with Crippen LogP contribution in [0.15, 0.2) is 12.3 Å². The Morgan fingerprint density at radius 3 is 3.50 bits per heavy atom. The topological polar surface area (TPSA) is 37.0 Å². The van der Waals surface area contributed by atoms with Crippen molar-refractivity contribution in [2.45, 2.75) is 6.54 Å². The number of fused-ring (bicyclic) bond motifs is 1. The fraction of sp³-hybridized carbons (Fsp3) is 0.286. The van der Waals surface area contributed by atoms with E-state index < -0.39 is 0 Å². The highest BCUT2D eigenvalue weighted by Gasteiger charge is 2.05. The number of rotatable bonds is 0. The van der Waals surface area contributed by atoms with E-state index in [2.05, 4.69) is 21.7 Å². The number of nitrogens with zero attached hydrogens (tertiary/aromatic N) is 1. The Hall–Kier alpha value is -1.09. The number of nitrogens with one attached hydrogen (secondary N) is 2. The van der Waals surface area contributed by atoms with Crippen molar-refractivity contribution in [3.8, 4) is 0 Å². The lowest BCUT2D eigenvalue weighted by Crippen LogP contribution is -2.28. The number of aromatic nitrogens is 1. The van der Waals surface area contributed by atoms with Crippen LogP contribution in [0.3, 0.4) is 0 Å². The Morgan fingerprint density at radius 1 is 1.60 bits per heavy atom. The number of hydrogen-bond acceptors (Lipinski definition) is 3. The van der Waals surface area contributed by atoms with Gasteiger partial charge in [0.05, 0.1) is 6.67 Å². The van der Waals surface area contributed by atoms with Crippen LogP contribution in [0.1, 0.15) is 5.56 Å². The summed E-state index contributed by atoms with van der Waals surface area (Å²) in [6.07, 6.45) is 1.75. The van der Waals surface area contributed by atoms with E-state index in [1.54, 1.807) is 6.20 Å². The molecular formula is C7H8N3. The zero-order chi connectivity index (χ0) is 6.81. The SMILES string of the molecule is [c]1ccnc2c1CNCN2. The average molecular weight is 134 g/mol. The minimum absolute atomic E-state index is 0.803. The van der Waals surface area contributed by atoms with E-state index >= 15 is 0 Å². The van der Waals surface area contributed by atoms with E-state index in [9.17, 15) is 0 Å². The molecule has 0 unspecified atom stereocenters. The Morgan fingerprint density at radius 2 is 2.60 bits per heavy atom. The monoisotopic (exact) mass is 134 g/mol. The summed E-state index contributed by atoms with van der Waals surface area (Å²) >= 11 is 0. The van der Waals surface area contributed by atoms with Gasteiger partial charge >= 0.3 is 0 Å². The Balaban J connectivity index is 2.41. The maximum absolute atomic E-state index is 4.14. The van der Waals surface area contributed by atoms with Crippen molar-refractivity contribution in [1.29, 1.82) is 0 Å². The predicted molar refractivity (Wildman–Crippen MR) is 38.4 cm³/mol. The second kappa shape index (κ2) is 2.27. The molecule has 0 aromatic carbocycles. The maximum Gasteiger partial charge on any atom is 0.132 e. The first-order valence-electron chi connectivity index (χ1n) is 3.27. The summed E-state index contributed by atoms with van der Waals surface area (Å²) in [6, 6.07) is 4.93. The summed E-state index contributed by atoms with van der Waals surface area (Å²) in [7, 11) is 0. The molecule has 3 nitrogen and oxygen atoms in total. The third-order valence-electron chi connectivity index (χ3n) is 1.50. The average Bonchev–Trinajstić information content (AvgIpc) is 2.05. The molecule has 2 rings (SSSR count). The number of hydrogen-bond donors (Lipinski definition) is 2. The first kappa shape index (κ1) is 5.68. The molecule has 1 aliphatic rings. The van der Waals surface area contributed by atoms with Crippen LogP contribution in [0.2, 0.25) is 0 Å². The van der Waals surface area contributed by atoms with E-state index in [0.29, 0.717) is 0 Å².